The zero-order valence-electron chi connectivity index (χ0n) is 21.3. The summed E-state index contributed by atoms with van der Waals surface area (Å²) in [6, 6.07) is 16.9. The van der Waals surface area contributed by atoms with Crippen LogP contribution in [0.25, 0.3) is 10.9 Å². The van der Waals surface area contributed by atoms with Gasteiger partial charge in [-0.25, -0.2) is 0 Å². The van der Waals surface area contributed by atoms with Crippen LogP contribution in [0.2, 0.25) is 0 Å². The van der Waals surface area contributed by atoms with Gasteiger partial charge in [-0.3, -0.25) is 9.59 Å². The number of fused-ring (bicyclic) bond motifs is 1. The van der Waals surface area contributed by atoms with E-state index in [1.165, 1.54) is 0 Å². The third kappa shape index (κ3) is 6.03. The second-order valence-electron chi connectivity index (χ2n) is 10.1. The molecule has 1 aliphatic rings. The molecule has 4 N–H and O–H groups in total. The van der Waals surface area contributed by atoms with Crippen molar-refractivity contribution in [2.75, 3.05) is 6.54 Å². The van der Waals surface area contributed by atoms with Gasteiger partial charge in [0, 0.05) is 42.6 Å². The number of aryl methyl sites for hydroxylation is 1. The lowest BCUT2D eigenvalue weighted by Gasteiger charge is -2.29. The molecule has 0 saturated carbocycles. The zero-order chi connectivity index (χ0) is 26.6. The summed E-state index contributed by atoms with van der Waals surface area (Å²) in [7, 11) is 0.218. The Labute approximate surface area is 216 Å². The van der Waals surface area contributed by atoms with E-state index in [-0.39, 0.29) is 31.2 Å². The van der Waals surface area contributed by atoms with Crippen LogP contribution in [0.1, 0.15) is 42.6 Å². The average Bonchev–Trinajstić information content (AvgIpc) is 3.46. The summed E-state index contributed by atoms with van der Waals surface area (Å²) >= 11 is 0. The lowest BCUT2D eigenvalue weighted by molar-refractivity contribution is -0.144. The van der Waals surface area contributed by atoms with Gasteiger partial charge in [-0.05, 0) is 36.1 Å². The minimum absolute atomic E-state index is 0.115. The average molecular weight is 504 g/mol. The zero-order valence-corrected chi connectivity index (χ0v) is 21.3. The quantitative estimate of drug-likeness (QED) is 0.315. The molecule has 2 atom stereocenters. The minimum Gasteiger partial charge on any atom is -0.426 e. The van der Waals surface area contributed by atoms with Crippen LogP contribution in [0.5, 0.6) is 0 Å². The highest BCUT2D eigenvalue weighted by Gasteiger charge is 2.48. The summed E-state index contributed by atoms with van der Waals surface area (Å²) in [5.74, 6) is -1.43. The highest BCUT2D eigenvalue weighted by Crippen LogP contribution is 2.29. The molecule has 1 aromatic heterocycles. The molecule has 10 heteroatoms. The van der Waals surface area contributed by atoms with Crippen molar-refractivity contribution in [1.29, 1.82) is 0 Å². The van der Waals surface area contributed by atoms with Gasteiger partial charge in [0.2, 0.25) is 5.60 Å². The number of carbonyl (C=O) groups excluding carboxylic acids is 2. The number of benzene rings is 2. The van der Waals surface area contributed by atoms with E-state index in [4.69, 9.17) is 4.84 Å². The second-order valence-corrected chi connectivity index (χ2v) is 10.1. The molecule has 37 heavy (non-hydrogen) atoms. The monoisotopic (exact) mass is 504 g/mol. The first-order valence-electron chi connectivity index (χ1n) is 12.5. The first-order chi connectivity index (χ1) is 17.7. The van der Waals surface area contributed by atoms with E-state index in [1.54, 1.807) is 6.07 Å². The van der Waals surface area contributed by atoms with Gasteiger partial charge in [0.15, 0.2) is 0 Å². The Bertz CT molecular complexity index is 1290. The van der Waals surface area contributed by atoms with Gasteiger partial charge < -0.3 is 30.1 Å². The number of aromatic nitrogens is 1. The highest BCUT2D eigenvalue weighted by atomic mass is 16.7. The van der Waals surface area contributed by atoms with Crippen molar-refractivity contribution in [2.45, 2.75) is 44.7 Å². The van der Waals surface area contributed by atoms with E-state index in [1.807, 2.05) is 80.2 Å². The standard InChI is InChI=1S/C27H33BN4O5/c1-18(2)14-24(28(35)36)30-26(34)27(15-19-8-5-4-6-9-19)16-20(31-37-27)17-29-25(33)22-10-7-11-23-21(22)12-13-32(23)3/h4-13,18,24,35-36H,14-17H2,1-3H3,(H,29,33)(H,30,34)/t24-,27?/m0/s1. The van der Waals surface area contributed by atoms with Crippen molar-refractivity contribution in [2.24, 2.45) is 18.1 Å². The van der Waals surface area contributed by atoms with Gasteiger partial charge in [0.05, 0.1) is 18.2 Å². The van der Waals surface area contributed by atoms with Crippen molar-refractivity contribution in [1.82, 2.24) is 15.2 Å². The molecule has 1 aliphatic heterocycles. The molecule has 0 fully saturated rings. The number of oxime groups is 1. The molecule has 2 amide bonds. The topological polar surface area (TPSA) is 125 Å². The van der Waals surface area contributed by atoms with Crippen molar-refractivity contribution in [3.8, 4) is 0 Å². The molecule has 1 unspecified atom stereocenters. The molecule has 2 heterocycles. The van der Waals surface area contributed by atoms with E-state index in [0.29, 0.717) is 17.7 Å². The number of rotatable bonds is 10. The fourth-order valence-electron chi connectivity index (χ4n) is 4.70. The van der Waals surface area contributed by atoms with Crippen LogP contribution in [0.3, 0.4) is 0 Å². The molecule has 0 saturated heterocycles. The fourth-order valence-corrected chi connectivity index (χ4v) is 4.70. The third-order valence-electron chi connectivity index (χ3n) is 6.61. The molecular weight excluding hydrogens is 471 g/mol. The van der Waals surface area contributed by atoms with E-state index in [9.17, 15) is 19.6 Å². The Hall–Kier alpha value is -3.63. The van der Waals surface area contributed by atoms with Gasteiger partial charge in [-0.15, -0.1) is 0 Å². The summed E-state index contributed by atoms with van der Waals surface area (Å²) in [5, 5.41) is 30.3. The number of hydrogen-bond donors (Lipinski definition) is 4. The maximum absolute atomic E-state index is 13.5. The summed E-state index contributed by atoms with van der Waals surface area (Å²) in [5.41, 5.74) is 1.53. The first-order valence-corrected chi connectivity index (χ1v) is 12.5. The second kappa shape index (κ2) is 11.2. The molecule has 194 valence electrons. The molecule has 4 rings (SSSR count). The lowest BCUT2D eigenvalue weighted by Crippen LogP contribution is -2.56. The van der Waals surface area contributed by atoms with Crippen molar-refractivity contribution < 1.29 is 24.5 Å². The Morgan fingerprint density at radius 1 is 1.14 bits per heavy atom. The van der Waals surface area contributed by atoms with Crippen LogP contribution in [0.4, 0.5) is 0 Å². The fraction of sp³-hybridized carbons (Fsp3) is 0.370. The number of nitrogens with one attached hydrogen (secondary N) is 2. The number of hydrogen-bond acceptors (Lipinski definition) is 6. The van der Waals surface area contributed by atoms with Crippen LogP contribution in [0, 0.1) is 5.92 Å². The summed E-state index contributed by atoms with van der Waals surface area (Å²) in [6.07, 6.45) is 2.68. The SMILES string of the molecule is CC(C)C[C@H](NC(=O)C1(Cc2ccccc2)CC(CNC(=O)c2cccc3c2ccn3C)=NO1)B(O)O. The van der Waals surface area contributed by atoms with Crippen molar-refractivity contribution >= 4 is 35.5 Å². The predicted octanol–water partition coefficient (Wildman–Crippen LogP) is 2.21. The first kappa shape index (κ1) is 26.4. The van der Waals surface area contributed by atoms with E-state index in [0.717, 1.165) is 16.5 Å². The summed E-state index contributed by atoms with van der Waals surface area (Å²) < 4.78 is 1.95. The Balaban J connectivity index is 1.48. The van der Waals surface area contributed by atoms with Gasteiger partial charge in [-0.2, -0.15) is 0 Å². The van der Waals surface area contributed by atoms with Gasteiger partial charge in [0.1, 0.15) is 0 Å². The van der Waals surface area contributed by atoms with Crippen LogP contribution < -0.4 is 10.6 Å². The maximum atomic E-state index is 13.5. The molecule has 0 bridgehead atoms. The van der Waals surface area contributed by atoms with Crippen LogP contribution in [-0.4, -0.2) is 57.3 Å². The number of amides is 2. The molecule has 0 spiro atoms. The van der Waals surface area contributed by atoms with Crippen LogP contribution in [0.15, 0.2) is 65.9 Å². The molecule has 0 aliphatic carbocycles. The molecular formula is C27H33BN4O5. The molecule has 2 aromatic carbocycles. The van der Waals surface area contributed by atoms with Crippen LogP contribution in [-0.2, 0) is 23.1 Å². The molecule has 3 aromatic rings. The molecule has 9 nitrogen and oxygen atoms in total. The summed E-state index contributed by atoms with van der Waals surface area (Å²) in [4.78, 5) is 32.3. The lowest BCUT2D eigenvalue weighted by atomic mass is 9.74. The van der Waals surface area contributed by atoms with E-state index in [2.05, 4.69) is 15.8 Å². The maximum Gasteiger partial charge on any atom is 0.475 e. The van der Waals surface area contributed by atoms with Gasteiger partial charge in [0.25, 0.3) is 11.8 Å². The Morgan fingerprint density at radius 3 is 2.59 bits per heavy atom. The Kier molecular flexibility index (Phi) is 7.99. The summed E-state index contributed by atoms with van der Waals surface area (Å²) in [6.45, 7) is 3.99. The van der Waals surface area contributed by atoms with Crippen LogP contribution >= 0.6 is 0 Å². The van der Waals surface area contributed by atoms with Gasteiger partial charge >= 0.3 is 7.12 Å². The largest absolute Gasteiger partial charge is 0.475 e. The predicted molar refractivity (Wildman–Crippen MR) is 143 cm³/mol. The minimum atomic E-state index is -1.71. The highest BCUT2D eigenvalue weighted by molar-refractivity contribution is 6.43. The normalized spacial score (nSPS) is 17.8. The number of nitrogens with zero attached hydrogens (tertiary/aromatic N) is 2. The Morgan fingerprint density at radius 2 is 1.89 bits per heavy atom. The number of carbonyl (C=O) groups is 2. The van der Waals surface area contributed by atoms with E-state index >= 15 is 0 Å². The smallest absolute Gasteiger partial charge is 0.426 e. The molecule has 0 radical (unpaired) electrons. The van der Waals surface area contributed by atoms with E-state index < -0.39 is 24.6 Å². The van der Waals surface area contributed by atoms with Crippen molar-refractivity contribution in [3.63, 3.8) is 0 Å². The van der Waals surface area contributed by atoms with Gasteiger partial charge in [-0.1, -0.05) is 55.4 Å². The van der Waals surface area contributed by atoms with Crippen molar-refractivity contribution in [3.05, 3.63) is 71.9 Å². The third-order valence-corrected chi connectivity index (χ3v) is 6.61.